The Bertz CT molecular complexity index is 570. The zero-order chi connectivity index (χ0) is 16.3. The molecule has 1 aliphatic heterocycles. The van der Waals surface area contributed by atoms with Gasteiger partial charge in [0.15, 0.2) is 0 Å². The first-order chi connectivity index (χ1) is 10.4. The summed E-state index contributed by atoms with van der Waals surface area (Å²) in [4.78, 5) is 36.2. The third kappa shape index (κ3) is 3.86. The Morgan fingerprint density at radius 2 is 1.95 bits per heavy atom. The average molecular weight is 321 g/mol. The van der Waals surface area contributed by atoms with E-state index in [0.29, 0.717) is 5.69 Å². The van der Waals surface area contributed by atoms with Gasteiger partial charge in [0.05, 0.1) is 18.2 Å². The molecule has 3 N–H and O–H groups in total. The Morgan fingerprint density at radius 1 is 1.32 bits per heavy atom. The number of thioether (sulfide) groups is 1. The molecule has 1 fully saturated rings. The smallest absolute Gasteiger partial charge is 0.289 e. The third-order valence-corrected chi connectivity index (χ3v) is 4.46. The highest BCUT2D eigenvalue weighted by molar-refractivity contribution is 8.14. The van der Waals surface area contributed by atoms with Crippen LogP contribution in [0.15, 0.2) is 24.3 Å². The summed E-state index contributed by atoms with van der Waals surface area (Å²) in [5.74, 6) is -0.374. The van der Waals surface area contributed by atoms with E-state index in [1.54, 1.807) is 38.1 Å². The summed E-state index contributed by atoms with van der Waals surface area (Å²) < 4.78 is 0. The summed E-state index contributed by atoms with van der Waals surface area (Å²) in [5.41, 5.74) is 7.20. The summed E-state index contributed by atoms with van der Waals surface area (Å²) in [5, 5.41) is 2.58. The van der Waals surface area contributed by atoms with E-state index in [1.807, 2.05) is 0 Å². The lowest BCUT2D eigenvalue weighted by Gasteiger charge is -2.16. The van der Waals surface area contributed by atoms with Gasteiger partial charge >= 0.3 is 0 Å². The number of hydrogen-bond donors (Lipinski definition) is 2. The van der Waals surface area contributed by atoms with Gasteiger partial charge in [0.1, 0.15) is 0 Å². The summed E-state index contributed by atoms with van der Waals surface area (Å²) in [6.45, 7) is 3.82. The molecule has 1 aliphatic rings. The number of amides is 3. The maximum Gasteiger partial charge on any atom is 0.289 e. The van der Waals surface area contributed by atoms with Crippen LogP contribution in [0, 0.1) is 5.92 Å². The molecule has 6 nitrogen and oxygen atoms in total. The van der Waals surface area contributed by atoms with Crippen LogP contribution >= 0.6 is 11.8 Å². The van der Waals surface area contributed by atoms with Gasteiger partial charge in [0, 0.05) is 11.7 Å². The quantitative estimate of drug-likeness (QED) is 0.863. The fourth-order valence-electron chi connectivity index (χ4n) is 1.90. The molecule has 7 heteroatoms. The standard InChI is InChI=1S/C15H19N3O3S/c1-9(10(2)16)14(20)17-12-5-3-11(4-6-12)7-18-13(19)8-22-15(18)21/h3-6,9-10H,7-8,16H2,1-2H3,(H,17,20). The fraction of sp³-hybridized carbons (Fsp3) is 0.400. The molecular formula is C15H19N3O3S. The predicted octanol–water partition coefficient (Wildman–Crippen LogP) is 1.80. The van der Waals surface area contributed by atoms with Gasteiger partial charge in [0.25, 0.3) is 5.24 Å². The number of imide groups is 1. The molecule has 1 heterocycles. The molecule has 1 saturated heterocycles. The van der Waals surface area contributed by atoms with Crippen molar-refractivity contribution in [1.29, 1.82) is 0 Å². The van der Waals surface area contributed by atoms with E-state index in [-0.39, 0.29) is 41.3 Å². The van der Waals surface area contributed by atoms with Crippen molar-refractivity contribution in [2.24, 2.45) is 11.7 Å². The molecule has 0 bridgehead atoms. The van der Waals surface area contributed by atoms with E-state index >= 15 is 0 Å². The largest absolute Gasteiger partial charge is 0.327 e. The molecule has 0 spiro atoms. The minimum absolute atomic E-state index is 0.135. The highest BCUT2D eigenvalue weighted by Gasteiger charge is 2.29. The lowest BCUT2D eigenvalue weighted by molar-refractivity contribution is -0.125. The first kappa shape index (κ1) is 16.5. The van der Waals surface area contributed by atoms with Crippen molar-refractivity contribution >= 4 is 34.5 Å². The first-order valence-electron chi connectivity index (χ1n) is 7.01. The van der Waals surface area contributed by atoms with Gasteiger partial charge in [-0.1, -0.05) is 30.8 Å². The van der Waals surface area contributed by atoms with Crippen molar-refractivity contribution in [2.75, 3.05) is 11.1 Å². The SMILES string of the molecule is CC(N)C(C)C(=O)Nc1ccc(CN2C(=O)CSC2=O)cc1. The second kappa shape index (κ2) is 6.93. The number of benzene rings is 1. The van der Waals surface area contributed by atoms with Crippen LogP contribution in [0.4, 0.5) is 10.5 Å². The molecule has 3 amide bonds. The topological polar surface area (TPSA) is 92.5 Å². The number of rotatable bonds is 5. The number of nitrogens with one attached hydrogen (secondary N) is 1. The highest BCUT2D eigenvalue weighted by atomic mass is 32.2. The second-order valence-electron chi connectivity index (χ2n) is 5.37. The van der Waals surface area contributed by atoms with Gasteiger partial charge in [-0.05, 0) is 24.6 Å². The number of anilines is 1. The van der Waals surface area contributed by atoms with E-state index < -0.39 is 0 Å². The monoisotopic (exact) mass is 321 g/mol. The molecule has 2 rings (SSSR count). The van der Waals surface area contributed by atoms with Crippen molar-refractivity contribution in [3.8, 4) is 0 Å². The molecular weight excluding hydrogens is 302 g/mol. The molecule has 0 aliphatic carbocycles. The van der Waals surface area contributed by atoms with Crippen molar-refractivity contribution < 1.29 is 14.4 Å². The lowest BCUT2D eigenvalue weighted by atomic mass is 10.0. The maximum absolute atomic E-state index is 11.9. The van der Waals surface area contributed by atoms with Crippen LogP contribution in [0.25, 0.3) is 0 Å². The Morgan fingerprint density at radius 3 is 2.45 bits per heavy atom. The molecule has 2 atom stereocenters. The van der Waals surface area contributed by atoms with Gasteiger partial charge < -0.3 is 11.1 Å². The molecule has 0 saturated carbocycles. The fourth-order valence-corrected chi connectivity index (χ4v) is 2.63. The van der Waals surface area contributed by atoms with Gasteiger partial charge in [-0.2, -0.15) is 0 Å². The Balaban J connectivity index is 1.97. The predicted molar refractivity (Wildman–Crippen MR) is 86.3 cm³/mol. The average Bonchev–Trinajstić information content (AvgIpc) is 2.80. The van der Waals surface area contributed by atoms with Crippen molar-refractivity contribution in [1.82, 2.24) is 4.90 Å². The normalized spacial score (nSPS) is 17.5. The Kier molecular flexibility index (Phi) is 5.20. The van der Waals surface area contributed by atoms with Gasteiger partial charge in [-0.15, -0.1) is 0 Å². The second-order valence-corrected chi connectivity index (χ2v) is 6.30. The molecule has 1 aromatic carbocycles. The summed E-state index contributed by atoms with van der Waals surface area (Å²) in [6, 6.07) is 6.85. The summed E-state index contributed by atoms with van der Waals surface area (Å²) in [7, 11) is 0. The van der Waals surface area contributed by atoms with Crippen LogP contribution in [0.5, 0.6) is 0 Å². The van der Waals surface area contributed by atoms with Crippen LogP contribution in [0.3, 0.4) is 0 Å². The number of carbonyl (C=O) groups is 3. The molecule has 0 radical (unpaired) electrons. The van der Waals surface area contributed by atoms with Crippen LogP contribution in [-0.2, 0) is 16.1 Å². The summed E-state index contributed by atoms with van der Waals surface area (Å²) >= 11 is 1.02. The summed E-state index contributed by atoms with van der Waals surface area (Å²) in [6.07, 6.45) is 0. The molecule has 2 unspecified atom stereocenters. The Hall–Kier alpha value is -1.86. The van der Waals surface area contributed by atoms with E-state index in [4.69, 9.17) is 5.73 Å². The van der Waals surface area contributed by atoms with Crippen LogP contribution < -0.4 is 11.1 Å². The minimum Gasteiger partial charge on any atom is -0.327 e. The van der Waals surface area contributed by atoms with Crippen LogP contribution in [0.2, 0.25) is 0 Å². The third-order valence-electron chi connectivity index (χ3n) is 3.60. The van der Waals surface area contributed by atoms with E-state index in [9.17, 15) is 14.4 Å². The van der Waals surface area contributed by atoms with Crippen LogP contribution in [0.1, 0.15) is 19.4 Å². The maximum atomic E-state index is 11.9. The zero-order valence-corrected chi connectivity index (χ0v) is 13.4. The number of nitrogens with two attached hydrogens (primary N) is 1. The van der Waals surface area contributed by atoms with E-state index in [1.165, 1.54) is 4.90 Å². The first-order valence-corrected chi connectivity index (χ1v) is 7.99. The lowest BCUT2D eigenvalue weighted by Crippen LogP contribution is -2.34. The number of carbonyl (C=O) groups excluding carboxylic acids is 3. The molecule has 22 heavy (non-hydrogen) atoms. The van der Waals surface area contributed by atoms with Crippen molar-refractivity contribution in [3.63, 3.8) is 0 Å². The molecule has 118 valence electrons. The Labute approximate surface area is 133 Å². The van der Waals surface area contributed by atoms with Crippen molar-refractivity contribution in [2.45, 2.75) is 26.4 Å². The zero-order valence-electron chi connectivity index (χ0n) is 12.5. The van der Waals surface area contributed by atoms with E-state index in [0.717, 1.165) is 17.3 Å². The van der Waals surface area contributed by atoms with Gasteiger partial charge in [0.2, 0.25) is 11.8 Å². The highest BCUT2D eigenvalue weighted by Crippen LogP contribution is 2.22. The van der Waals surface area contributed by atoms with E-state index in [2.05, 4.69) is 5.32 Å². The minimum atomic E-state index is -0.281. The molecule has 1 aromatic rings. The molecule has 0 aromatic heterocycles. The van der Waals surface area contributed by atoms with Crippen molar-refractivity contribution in [3.05, 3.63) is 29.8 Å². The van der Waals surface area contributed by atoms with Crippen LogP contribution in [-0.4, -0.2) is 33.7 Å². The van der Waals surface area contributed by atoms with Gasteiger partial charge in [-0.25, -0.2) is 0 Å². The number of nitrogens with zero attached hydrogens (tertiary/aromatic N) is 1. The van der Waals surface area contributed by atoms with Gasteiger partial charge in [-0.3, -0.25) is 19.3 Å². The number of hydrogen-bond acceptors (Lipinski definition) is 5.